The van der Waals surface area contributed by atoms with Crippen LogP contribution in [0.3, 0.4) is 0 Å². The van der Waals surface area contributed by atoms with Crippen LogP contribution in [0.1, 0.15) is 51.1 Å². The number of carbonyl (C=O) groups excluding carboxylic acids is 2. The van der Waals surface area contributed by atoms with Crippen molar-refractivity contribution in [1.82, 2.24) is 15.3 Å². The second-order valence-electron chi connectivity index (χ2n) is 6.73. The predicted molar refractivity (Wildman–Crippen MR) is 103 cm³/mol. The van der Waals surface area contributed by atoms with E-state index in [-0.39, 0.29) is 11.8 Å². The van der Waals surface area contributed by atoms with Gasteiger partial charge in [0.1, 0.15) is 17.7 Å². The lowest BCUT2D eigenvalue weighted by Crippen LogP contribution is -2.43. The first-order valence-corrected chi connectivity index (χ1v) is 9.57. The summed E-state index contributed by atoms with van der Waals surface area (Å²) in [7, 11) is 0. The summed E-state index contributed by atoms with van der Waals surface area (Å²) in [5.74, 6) is -0.798. The molecule has 0 saturated heterocycles. The number of amides is 2. The third-order valence-corrected chi connectivity index (χ3v) is 6.02. The van der Waals surface area contributed by atoms with Gasteiger partial charge >= 0.3 is 5.97 Å². The highest BCUT2D eigenvalue weighted by Gasteiger charge is 2.31. The molecule has 0 radical (unpaired) electrons. The maximum absolute atomic E-state index is 12.4. The molecule has 0 fully saturated rings. The molecule has 2 aromatic rings. The Morgan fingerprint density at radius 2 is 2.18 bits per heavy atom. The van der Waals surface area contributed by atoms with Crippen LogP contribution < -0.4 is 16.4 Å². The first-order chi connectivity index (χ1) is 13.3. The monoisotopic (exact) mass is 403 g/mol. The molecule has 0 spiro atoms. The summed E-state index contributed by atoms with van der Waals surface area (Å²) in [6.45, 7) is 4.64. The number of aliphatic carboxylic acids is 1. The number of carbonyl (C=O) groups is 3. The van der Waals surface area contributed by atoms with E-state index in [1.54, 1.807) is 6.07 Å². The normalized spacial score (nSPS) is 17.3. The standard InChI is InChI=1S/C18H21N5O4S/c1-8(10-6-21-16-11(10)7-20-9(2)22-16)13-3-4-14(28-13)17(25)23-12(18(26)27)5-15(19)24/h3-4,7-8,10,12H,5-6H2,1-2H3,(H2,19,24)(H,23,25)(H,26,27)(H,20,21,22)/t8?,10?,12-/m0/s1. The van der Waals surface area contributed by atoms with Gasteiger partial charge in [0.05, 0.1) is 11.3 Å². The molecule has 1 aliphatic heterocycles. The molecule has 2 aromatic heterocycles. The average molecular weight is 403 g/mol. The third kappa shape index (κ3) is 4.11. The van der Waals surface area contributed by atoms with Gasteiger partial charge in [-0.15, -0.1) is 11.3 Å². The molecule has 2 amide bonds. The van der Waals surface area contributed by atoms with Crippen LogP contribution in [0, 0.1) is 6.92 Å². The Labute approximate surface area is 165 Å². The quantitative estimate of drug-likeness (QED) is 0.543. The van der Waals surface area contributed by atoms with Gasteiger partial charge in [0, 0.05) is 29.1 Å². The Kier molecular flexibility index (Phi) is 5.59. The van der Waals surface area contributed by atoms with E-state index in [2.05, 4.69) is 27.5 Å². The van der Waals surface area contributed by atoms with Crippen molar-refractivity contribution in [1.29, 1.82) is 0 Å². The highest BCUT2D eigenvalue weighted by molar-refractivity contribution is 7.14. The smallest absolute Gasteiger partial charge is 0.326 e. The fourth-order valence-electron chi connectivity index (χ4n) is 3.20. The maximum atomic E-state index is 12.4. The van der Waals surface area contributed by atoms with Gasteiger partial charge in [-0.05, 0) is 25.0 Å². The largest absolute Gasteiger partial charge is 0.480 e. The second-order valence-corrected chi connectivity index (χ2v) is 7.85. The lowest BCUT2D eigenvalue weighted by molar-refractivity contribution is -0.140. The van der Waals surface area contributed by atoms with Crippen LogP contribution in [0.4, 0.5) is 5.82 Å². The number of aromatic nitrogens is 2. The lowest BCUT2D eigenvalue weighted by Gasteiger charge is -2.17. The Hall–Kier alpha value is -3.01. The summed E-state index contributed by atoms with van der Waals surface area (Å²) in [5.41, 5.74) is 6.09. The van der Waals surface area contributed by atoms with E-state index in [1.165, 1.54) is 11.3 Å². The highest BCUT2D eigenvalue weighted by atomic mass is 32.1. The number of aryl methyl sites for hydroxylation is 1. The van der Waals surface area contributed by atoms with Crippen molar-refractivity contribution in [2.45, 2.75) is 38.1 Å². The Morgan fingerprint density at radius 3 is 2.86 bits per heavy atom. The molecule has 28 heavy (non-hydrogen) atoms. The molecule has 148 valence electrons. The number of hydrogen-bond donors (Lipinski definition) is 4. The number of nitrogens with zero attached hydrogens (tertiary/aromatic N) is 2. The fourth-order valence-corrected chi connectivity index (χ4v) is 4.23. The van der Waals surface area contributed by atoms with Crippen molar-refractivity contribution < 1.29 is 19.5 Å². The number of thiophene rings is 1. The SMILES string of the molecule is Cc1ncc2c(n1)NCC2C(C)c1ccc(C(=O)N[C@@H](CC(N)=O)C(=O)O)s1. The van der Waals surface area contributed by atoms with Gasteiger partial charge in [-0.1, -0.05) is 6.92 Å². The van der Waals surface area contributed by atoms with E-state index in [9.17, 15) is 14.4 Å². The number of nitrogens with two attached hydrogens (primary N) is 1. The van der Waals surface area contributed by atoms with Crippen LogP contribution in [-0.2, 0) is 9.59 Å². The van der Waals surface area contributed by atoms with Gasteiger partial charge in [0.15, 0.2) is 0 Å². The van der Waals surface area contributed by atoms with Gasteiger partial charge < -0.3 is 21.5 Å². The number of carboxylic acids is 1. The molecule has 3 heterocycles. The molecule has 9 nitrogen and oxygen atoms in total. The van der Waals surface area contributed by atoms with Crippen molar-refractivity contribution in [3.8, 4) is 0 Å². The average Bonchev–Trinajstić information content (AvgIpc) is 3.27. The Morgan fingerprint density at radius 1 is 1.43 bits per heavy atom. The fraction of sp³-hybridized carbons (Fsp3) is 0.389. The van der Waals surface area contributed by atoms with Crippen LogP contribution in [-0.4, -0.2) is 45.4 Å². The van der Waals surface area contributed by atoms with Crippen molar-refractivity contribution in [2.24, 2.45) is 5.73 Å². The number of hydrogen-bond acceptors (Lipinski definition) is 7. The van der Waals surface area contributed by atoms with Crippen LogP contribution in [0.2, 0.25) is 0 Å². The van der Waals surface area contributed by atoms with Crippen molar-refractivity contribution in [3.63, 3.8) is 0 Å². The summed E-state index contributed by atoms with van der Waals surface area (Å²) in [5, 5.41) is 14.8. The number of rotatable bonds is 7. The van der Waals surface area contributed by atoms with Crippen molar-refractivity contribution >= 4 is 34.9 Å². The van der Waals surface area contributed by atoms with Gasteiger partial charge in [0.2, 0.25) is 5.91 Å². The van der Waals surface area contributed by atoms with Crippen molar-refractivity contribution in [3.05, 3.63) is 39.5 Å². The van der Waals surface area contributed by atoms with Crippen LogP contribution in [0.15, 0.2) is 18.3 Å². The summed E-state index contributed by atoms with van der Waals surface area (Å²) >= 11 is 1.30. The summed E-state index contributed by atoms with van der Waals surface area (Å²) < 4.78 is 0. The predicted octanol–water partition coefficient (Wildman–Crippen LogP) is 1.22. The number of carboxylic acid groups (broad SMARTS) is 1. The summed E-state index contributed by atoms with van der Waals surface area (Å²) in [6, 6.07) is 2.17. The first kappa shape index (κ1) is 19.7. The van der Waals surface area contributed by atoms with E-state index in [4.69, 9.17) is 10.8 Å². The first-order valence-electron chi connectivity index (χ1n) is 8.75. The molecule has 2 unspecified atom stereocenters. The number of primary amides is 1. The number of nitrogens with one attached hydrogen (secondary N) is 2. The zero-order valence-electron chi connectivity index (χ0n) is 15.4. The second kappa shape index (κ2) is 7.93. The van der Waals surface area contributed by atoms with Gasteiger partial charge in [-0.3, -0.25) is 9.59 Å². The molecular weight excluding hydrogens is 382 g/mol. The Balaban J connectivity index is 1.73. The summed E-state index contributed by atoms with van der Waals surface area (Å²) in [6.07, 6.45) is 1.38. The van der Waals surface area contributed by atoms with E-state index in [0.717, 1.165) is 22.8 Å². The number of anilines is 1. The van der Waals surface area contributed by atoms with Crippen LogP contribution in [0.25, 0.3) is 0 Å². The van der Waals surface area contributed by atoms with Crippen LogP contribution >= 0.6 is 11.3 Å². The molecule has 1 aliphatic rings. The summed E-state index contributed by atoms with van der Waals surface area (Å²) in [4.78, 5) is 44.6. The lowest BCUT2D eigenvalue weighted by atomic mass is 9.89. The molecule has 5 N–H and O–H groups in total. The zero-order valence-corrected chi connectivity index (χ0v) is 16.2. The molecule has 0 saturated carbocycles. The van der Waals surface area contributed by atoms with Gasteiger partial charge in [-0.2, -0.15) is 0 Å². The third-order valence-electron chi connectivity index (χ3n) is 4.74. The van der Waals surface area contributed by atoms with E-state index in [0.29, 0.717) is 10.7 Å². The van der Waals surface area contributed by atoms with E-state index in [1.807, 2.05) is 19.2 Å². The maximum Gasteiger partial charge on any atom is 0.326 e. The van der Waals surface area contributed by atoms with Crippen molar-refractivity contribution in [2.75, 3.05) is 11.9 Å². The van der Waals surface area contributed by atoms with Crippen LogP contribution in [0.5, 0.6) is 0 Å². The minimum Gasteiger partial charge on any atom is -0.480 e. The van der Waals surface area contributed by atoms with Gasteiger partial charge in [-0.25, -0.2) is 14.8 Å². The van der Waals surface area contributed by atoms with E-state index < -0.39 is 30.2 Å². The molecule has 10 heteroatoms. The highest BCUT2D eigenvalue weighted by Crippen LogP contribution is 2.41. The van der Waals surface area contributed by atoms with E-state index >= 15 is 0 Å². The molecule has 0 aromatic carbocycles. The molecule has 3 rings (SSSR count). The zero-order chi connectivity index (χ0) is 20.4. The molecule has 0 aliphatic carbocycles. The minimum atomic E-state index is -1.35. The minimum absolute atomic E-state index is 0.118. The molecule has 3 atom stereocenters. The Bertz CT molecular complexity index is 928. The van der Waals surface area contributed by atoms with Gasteiger partial charge in [0.25, 0.3) is 5.91 Å². The molecule has 0 bridgehead atoms. The number of fused-ring (bicyclic) bond motifs is 1. The molecular formula is C18H21N5O4S. The topological polar surface area (TPSA) is 147 Å².